The molecule has 150 valence electrons. The van der Waals surface area contributed by atoms with E-state index in [0.717, 1.165) is 41.7 Å². The molecule has 0 radical (unpaired) electrons. The van der Waals surface area contributed by atoms with Gasteiger partial charge < -0.3 is 4.98 Å². The summed E-state index contributed by atoms with van der Waals surface area (Å²) in [5, 5.41) is 0. The van der Waals surface area contributed by atoms with Crippen molar-refractivity contribution in [2.45, 2.75) is 25.3 Å². The van der Waals surface area contributed by atoms with Gasteiger partial charge in [0.25, 0.3) is 0 Å². The van der Waals surface area contributed by atoms with Crippen molar-refractivity contribution in [1.29, 1.82) is 0 Å². The molecule has 0 bridgehead atoms. The lowest BCUT2D eigenvalue weighted by molar-refractivity contribution is 0.467. The third-order valence-electron chi connectivity index (χ3n) is 5.64. The van der Waals surface area contributed by atoms with E-state index in [1.807, 2.05) is 0 Å². The van der Waals surface area contributed by atoms with Crippen LogP contribution < -0.4 is 5.69 Å². The van der Waals surface area contributed by atoms with E-state index in [0.29, 0.717) is 22.8 Å². The van der Waals surface area contributed by atoms with E-state index in [9.17, 15) is 4.79 Å². The van der Waals surface area contributed by atoms with Gasteiger partial charge in [0.1, 0.15) is 11.8 Å². The molecule has 1 aliphatic rings. The highest BCUT2D eigenvalue weighted by Crippen LogP contribution is 2.31. The highest BCUT2D eigenvalue weighted by Gasteiger charge is 2.27. The summed E-state index contributed by atoms with van der Waals surface area (Å²) in [5.41, 5.74) is 4.50. The number of aromatic nitrogens is 8. The average Bonchev–Trinajstić information content (AvgIpc) is 3.37. The van der Waals surface area contributed by atoms with Crippen molar-refractivity contribution in [1.82, 2.24) is 39.0 Å². The maximum atomic E-state index is 12.9. The van der Waals surface area contributed by atoms with Gasteiger partial charge in [0.15, 0.2) is 11.3 Å². The van der Waals surface area contributed by atoms with Crippen LogP contribution in [0, 0.1) is 6.57 Å². The molecule has 4 heterocycles. The molecular formula is C21H15N9O. The van der Waals surface area contributed by atoms with Crippen LogP contribution in [0.5, 0.6) is 0 Å². The maximum absolute atomic E-state index is 12.9. The molecule has 31 heavy (non-hydrogen) atoms. The van der Waals surface area contributed by atoms with Gasteiger partial charge in [-0.15, -0.1) is 0 Å². The highest BCUT2D eigenvalue weighted by molar-refractivity contribution is 5.81. The fraction of sp³-hybridized carbons (Fsp3) is 0.190. The van der Waals surface area contributed by atoms with Gasteiger partial charge in [-0.1, -0.05) is 6.07 Å². The average molecular weight is 409 g/mol. The summed E-state index contributed by atoms with van der Waals surface area (Å²) in [6, 6.07) is 5.03. The Morgan fingerprint density at radius 1 is 1.16 bits per heavy atom. The van der Waals surface area contributed by atoms with E-state index in [2.05, 4.69) is 29.8 Å². The molecule has 10 heteroatoms. The van der Waals surface area contributed by atoms with Gasteiger partial charge in [0, 0.05) is 12.4 Å². The van der Waals surface area contributed by atoms with Crippen LogP contribution in [0.15, 0.2) is 47.9 Å². The van der Waals surface area contributed by atoms with E-state index in [4.69, 9.17) is 11.6 Å². The van der Waals surface area contributed by atoms with E-state index in [1.54, 1.807) is 52.3 Å². The van der Waals surface area contributed by atoms with Crippen molar-refractivity contribution in [2.75, 3.05) is 0 Å². The quantitative estimate of drug-likeness (QED) is 0.449. The minimum Gasteiger partial charge on any atom is -0.303 e. The van der Waals surface area contributed by atoms with Crippen molar-refractivity contribution >= 4 is 27.9 Å². The van der Waals surface area contributed by atoms with Gasteiger partial charge in [-0.2, -0.15) is 4.98 Å². The Kier molecular flexibility index (Phi) is 3.70. The molecule has 1 aromatic carbocycles. The molecule has 0 spiro atoms. The monoisotopic (exact) mass is 409 g/mol. The Hall–Kier alpha value is -4.39. The van der Waals surface area contributed by atoms with Gasteiger partial charge in [0.05, 0.1) is 41.2 Å². The Bertz CT molecular complexity index is 1570. The molecule has 0 saturated heterocycles. The predicted octanol–water partition coefficient (Wildman–Crippen LogP) is 2.72. The molecule has 1 atom stereocenters. The number of aromatic amines is 1. The van der Waals surface area contributed by atoms with Gasteiger partial charge in [-0.05, 0) is 31.4 Å². The molecule has 1 N–H and O–H groups in total. The number of fused-ring (bicyclic) bond motifs is 3. The van der Waals surface area contributed by atoms with Crippen molar-refractivity contribution in [3.8, 4) is 5.95 Å². The number of aryl methyl sites for hydroxylation is 1. The molecule has 10 nitrogen and oxygen atoms in total. The number of nitrogens with zero attached hydrogens (tertiary/aromatic N) is 8. The summed E-state index contributed by atoms with van der Waals surface area (Å²) in [4.78, 5) is 41.7. The first-order valence-electron chi connectivity index (χ1n) is 9.85. The molecule has 5 aromatic rings. The fourth-order valence-electron chi connectivity index (χ4n) is 4.24. The molecular weight excluding hydrogens is 394 g/mol. The summed E-state index contributed by atoms with van der Waals surface area (Å²) < 4.78 is 3.37. The van der Waals surface area contributed by atoms with Crippen LogP contribution in [0.3, 0.4) is 0 Å². The van der Waals surface area contributed by atoms with Crippen molar-refractivity contribution in [3.63, 3.8) is 0 Å². The predicted molar refractivity (Wildman–Crippen MR) is 112 cm³/mol. The van der Waals surface area contributed by atoms with Gasteiger partial charge in [-0.3, -0.25) is 19.1 Å². The summed E-state index contributed by atoms with van der Waals surface area (Å²) >= 11 is 0. The van der Waals surface area contributed by atoms with Crippen LogP contribution in [0.25, 0.3) is 33.0 Å². The molecule has 0 saturated carbocycles. The zero-order valence-electron chi connectivity index (χ0n) is 16.2. The third-order valence-corrected chi connectivity index (χ3v) is 5.64. The number of benzene rings is 1. The molecule has 1 unspecified atom stereocenters. The van der Waals surface area contributed by atoms with Crippen LogP contribution in [-0.4, -0.2) is 39.0 Å². The van der Waals surface area contributed by atoms with E-state index < -0.39 is 0 Å². The normalized spacial score (nSPS) is 15.8. The zero-order valence-corrected chi connectivity index (χ0v) is 16.2. The number of hydrogen-bond donors (Lipinski definition) is 1. The van der Waals surface area contributed by atoms with Gasteiger partial charge in [0.2, 0.25) is 5.95 Å². The number of hydrogen-bond acceptors (Lipinski definition) is 6. The summed E-state index contributed by atoms with van der Waals surface area (Å²) in [7, 11) is 0. The lowest BCUT2D eigenvalue weighted by atomic mass is 9.95. The maximum Gasteiger partial charge on any atom is 0.328 e. The summed E-state index contributed by atoms with van der Waals surface area (Å²) in [6.07, 6.45) is 9.10. The zero-order chi connectivity index (χ0) is 20.9. The molecule has 1 aliphatic carbocycles. The third kappa shape index (κ3) is 2.63. The summed E-state index contributed by atoms with van der Waals surface area (Å²) in [5.74, 6) is 0.375. The van der Waals surface area contributed by atoms with Gasteiger partial charge >= 0.3 is 5.69 Å². The molecule has 0 amide bonds. The number of nitrogens with one attached hydrogen (secondary N) is 1. The molecule has 0 fully saturated rings. The van der Waals surface area contributed by atoms with Crippen LogP contribution >= 0.6 is 0 Å². The second-order valence-corrected chi connectivity index (χ2v) is 7.40. The molecule has 0 aliphatic heterocycles. The fourth-order valence-corrected chi connectivity index (χ4v) is 4.24. The largest absolute Gasteiger partial charge is 0.328 e. The van der Waals surface area contributed by atoms with Crippen LogP contribution in [0.4, 0.5) is 5.69 Å². The van der Waals surface area contributed by atoms with Crippen molar-refractivity contribution in [2.24, 2.45) is 0 Å². The Morgan fingerprint density at radius 2 is 2.06 bits per heavy atom. The molecule has 6 rings (SSSR count). The minimum absolute atomic E-state index is 0.241. The summed E-state index contributed by atoms with van der Waals surface area (Å²) in [6.45, 7) is 7.27. The molecule has 4 aromatic heterocycles. The van der Waals surface area contributed by atoms with Crippen LogP contribution in [0.1, 0.15) is 30.3 Å². The second-order valence-electron chi connectivity index (χ2n) is 7.40. The van der Waals surface area contributed by atoms with Crippen molar-refractivity contribution < 1.29 is 0 Å². The van der Waals surface area contributed by atoms with E-state index in [-0.39, 0.29) is 11.7 Å². The Labute approximate surface area is 175 Å². The Morgan fingerprint density at radius 3 is 2.97 bits per heavy atom. The van der Waals surface area contributed by atoms with Crippen molar-refractivity contribution in [3.05, 3.63) is 76.4 Å². The van der Waals surface area contributed by atoms with Crippen LogP contribution in [-0.2, 0) is 6.42 Å². The lowest BCUT2D eigenvalue weighted by Gasteiger charge is -2.24. The number of imidazole rings is 2. The van der Waals surface area contributed by atoms with E-state index >= 15 is 0 Å². The SMILES string of the molecule is [C-]#[N+]c1ccc2ncn(-c3ncc4[nH]c(=O)n(C5CCCc6nccnc65)c4n3)c2c1. The first-order valence-corrected chi connectivity index (χ1v) is 9.85. The lowest BCUT2D eigenvalue weighted by Crippen LogP contribution is -2.27. The topological polar surface area (TPSA) is 112 Å². The smallest absolute Gasteiger partial charge is 0.303 e. The standard InChI is InChI=1S/C21H15N9O/c1-22-12-5-6-13-17(9-12)29(11-26-13)20-25-10-15-19(28-20)30(21(31)27-15)16-4-2-3-14-18(16)24-8-7-23-14/h5-11,16H,2-4H2,(H,27,31). The van der Waals surface area contributed by atoms with Gasteiger partial charge in [-0.25, -0.2) is 19.6 Å². The first kappa shape index (κ1) is 17.5. The van der Waals surface area contributed by atoms with E-state index in [1.165, 1.54) is 0 Å². The number of rotatable bonds is 2. The highest BCUT2D eigenvalue weighted by atomic mass is 16.1. The first-order chi connectivity index (χ1) is 15.2. The Balaban J connectivity index is 1.56. The second kappa shape index (κ2) is 6.56. The minimum atomic E-state index is -0.254. The number of H-pyrrole nitrogens is 1. The van der Waals surface area contributed by atoms with Crippen LogP contribution in [0.2, 0.25) is 0 Å².